The molecule has 2 aliphatic rings. The lowest BCUT2D eigenvalue weighted by atomic mass is 9.91. The molecule has 0 bridgehead atoms. The van der Waals surface area contributed by atoms with Crippen LogP contribution < -0.4 is 4.90 Å². The molecule has 38 heavy (non-hydrogen) atoms. The van der Waals surface area contributed by atoms with Crippen LogP contribution in [-0.2, 0) is 27.1 Å². The molecular formula is C30H37N3O5. The van der Waals surface area contributed by atoms with Crippen molar-refractivity contribution in [3.8, 4) is 0 Å². The van der Waals surface area contributed by atoms with E-state index in [1.165, 1.54) is 7.11 Å². The molecule has 3 aromatic rings. The third kappa shape index (κ3) is 4.77. The highest BCUT2D eigenvalue weighted by atomic mass is 16.5. The molecule has 1 aliphatic carbocycles. The SMILES string of the molecule is COC(=O)N1c2ccc3c(nc(C[C@H](C(=O)O)c4cccc(C)c4)n3C3CCC(OC)CC3)c2CC[C@@H]1C. The van der Waals surface area contributed by atoms with Gasteiger partial charge in [0.1, 0.15) is 5.82 Å². The number of ether oxygens (including phenoxy) is 2. The Balaban J connectivity index is 1.63. The standard InChI is InChI=1S/C30H37N3O5/c1-18-6-5-7-20(16-18)24(29(34)35)17-27-31-28-23-13-8-19(2)32(30(36)38-4)25(23)14-15-26(28)33(27)21-9-11-22(37-3)12-10-21/h5-7,14-16,19,21-22,24H,8-13,17H2,1-4H3,(H,34,35)/t19-,21?,22?,24-/m0/s1. The van der Waals surface area contributed by atoms with Crippen LogP contribution in [0.2, 0.25) is 0 Å². The Morgan fingerprint density at radius 3 is 2.53 bits per heavy atom. The van der Waals surface area contributed by atoms with Crippen molar-refractivity contribution in [1.29, 1.82) is 0 Å². The first-order valence-corrected chi connectivity index (χ1v) is 13.5. The largest absolute Gasteiger partial charge is 0.481 e. The Hall–Kier alpha value is -3.39. The lowest BCUT2D eigenvalue weighted by Crippen LogP contribution is -2.42. The average Bonchev–Trinajstić information content (AvgIpc) is 3.29. The van der Waals surface area contributed by atoms with E-state index in [0.717, 1.165) is 77.8 Å². The topological polar surface area (TPSA) is 93.9 Å². The summed E-state index contributed by atoms with van der Waals surface area (Å²) in [6.07, 6.45) is 5.59. The Morgan fingerprint density at radius 2 is 1.87 bits per heavy atom. The van der Waals surface area contributed by atoms with Gasteiger partial charge in [-0.05, 0) is 70.1 Å². The number of hydrogen-bond donors (Lipinski definition) is 1. The maximum Gasteiger partial charge on any atom is 0.414 e. The van der Waals surface area contributed by atoms with Crippen LogP contribution in [0.25, 0.3) is 11.0 Å². The Morgan fingerprint density at radius 1 is 1.11 bits per heavy atom. The zero-order valence-electron chi connectivity index (χ0n) is 22.6. The molecule has 0 radical (unpaired) electrons. The van der Waals surface area contributed by atoms with E-state index in [1.54, 1.807) is 12.0 Å². The quantitative estimate of drug-likeness (QED) is 0.443. The number of fused-ring (bicyclic) bond motifs is 3. The summed E-state index contributed by atoms with van der Waals surface area (Å²) in [4.78, 5) is 32.0. The molecule has 1 amide bonds. The van der Waals surface area contributed by atoms with Crippen molar-refractivity contribution in [3.05, 3.63) is 58.9 Å². The average molecular weight is 520 g/mol. The maximum atomic E-state index is 12.7. The molecule has 1 saturated carbocycles. The normalized spacial score (nSPS) is 22.2. The second-order valence-electron chi connectivity index (χ2n) is 10.7. The number of nitrogens with zero attached hydrogens (tertiary/aromatic N) is 3. The number of imidazole rings is 1. The number of anilines is 1. The van der Waals surface area contributed by atoms with E-state index in [-0.39, 0.29) is 24.3 Å². The van der Waals surface area contributed by atoms with Crippen molar-refractivity contribution in [1.82, 2.24) is 9.55 Å². The second-order valence-corrected chi connectivity index (χ2v) is 10.7. The summed E-state index contributed by atoms with van der Waals surface area (Å²) >= 11 is 0. The molecule has 2 atom stereocenters. The molecule has 8 heteroatoms. The van der Waals surface area contributed by atoms with Crippen LogP contribution in [-0.4, -0.2) is 53.1 Å². The number of aromatic nitrogens is 2. The lowest BCUT2D eigenvalue weighted by Gasteiger charge is -2.34. The summed E-state index contributed by atoms with van der Waals surface area (Å²) in [6, 6.07) is 12.0. The molecule has 0 spiro atoms. The fourth-order valence-electron chi connectivity index (χ4n) is 6.33. The molecule has 1 aromatic heterocycles. The van der Waals surface area contributed by atoms with Crippen molar-refractivity contribution >= 4 is 28.8 Å². The van der Waals surface area contributed by atoms with Crippen LogP contribution in [0.3, 0.4) is 0 Å². The van der Waals surface area contributed by atoms with E-state index in [0.29, 0.717) is 6.42 Å². The number of aryl methyl sites for hydroxylation is 2. The van der Waals surface area contributed by atoms with E-state index in [1.807, 2.05) is 50.2 Å². The van der Waals surface area contributed by atoms with Crippen LogP contribution in [0.5, 0.6) is 0 Å². The number of carboxylic acid groups (broad SMARTS) is 1. The maximum absolute atomic E-state index is 12.7. The summed E-state index contributed by atoms with van der Waals surface area (Å²) in [5.74, 6) is -0.778. The first kappa shape index (κ1) is 26.2. The predicted molar refractivity (Wildman–Crippen MR) is 146 cm³/mol. The minimum atomic E-state index is -0.856. The highest BCUT2D eigenvalue weighted by Gasteiger charge is 2.34. The molecule has 202 valence electrons. The van der Waals surface area contributed by atoms with Gasteiger partial charge < -0.3 is 19.1 Å². The molecule has 1 N–H and O–H groups in total. The third-order valence-corrected chi connectivity index (χ3v) is 8.37. The molecule has 8 nitrogen and oxygen atoms in total. The Kier molecular flexibility index (Phi) is 7.43. The van der Waals surface area contributed by atoms with E-state index < -0.39 is 11.9 Å². The van der Waals surface area contributed by atoms with Crippen molar-refractivity contribution in [2.45, 2.75) is 82.9 Å². The number of carboxylic acids is 1. The molecule has 1 fully saturated rings. The van der Waals surface area contributed by atoms with Crippen LogP contribution in [0.15, 0.2) is 36.4 Å². The van der Waals surface area contributed by atoms with Gasteiger partial charge in [-0.2, -0.15) is 0 Å². The molecule has 2 aromatic carbocycles. The highest BCUT2D eigenvalue weighted by Crippen LogP contribution is 2.40. The molecule has 0 unspecified atom stereocenters. The van der Waals surface area contributed by atoms with E-state index >= 15 is 0 Å². The molecule has 0 saturated heterocycles. The summed E-state index contributed by atoms with van der Waals surface area (Å²) in [5.41, 5.74) is 5.54. The van der Waals surface area contributed by atoms with Crippen molar-refractivity contribution in [3.63, 3.8) is 0 Å². The van der Waals surface area contributed by atoms with Crippen LogP contribution in [0.1, 0.15) is 73.5 Å². The zero-order chi connectivity index (χ0) is 27.0. The Bertz CT molecular complexity index is 1340. The van der Waals surface area contributed by atoms with E-state index in [9.17, 15) is 14.7 Å². The zero-order valence-corrected chi connectivity index (χ0v) is 22.6. The molecule has 1 aliphatic heterocycles. The molecular weight excluding hydrogens is 482 g/mol. The van der Waals surface area contributed by atoms with Gasteiger partial charge in [0.2, 0.25) is 0 Å². The Labute approximate surface area is 223 Å². The second kappa shape index (κ2) is 10.8. The highest BCUT2D eigenvalue weighted by molar-refractivity contribution is 5.95. The first-order valence-electron chi connectivity index (χ1n) is 13.5. The number of rotatable bonds is 6. The third-order valence-electron chi connectivity index (χ3n) is 8.37. The smallest absolute Gasteiger partial charge is 0.414 e. The molecule has 5 rings (SSSR count). The van der Waals surface area contributed by atoms with E-state index in [4.69, 9.17) is 14.5 Å². The van der Waals surface area contributed by atoms with Gasteiger partial charge in [-0.3, -0.25) is 9.69 Å². The first-order chi connectivity index (χ1) is 18.3. The fraction of sp³-hybridized carbons (Fsp3) is 0.500. The van der Waals surface area contributed by atoms with Crippen molar-refractivity contribution in [2.24, 2.45) is 0 Å². The van der Waals surface area contributed by atoms with Gasteiger partial charge in [0, 0.05) is 31.2 Å². The van der Waals surface area contributed by atoms with Gasteiger partial charge >= 0.3 is 12.1 Å². The number of hydrogen-bond acceptors (Lipinski definition) is 5. The van der Waals surface area contributed by atoms with Crippen LogP contribution in [0.4, 0.5) is 10.5 Å². The fourth-order valence-corrected chi connectivity index (χ4v) is 6.33. The van der Waals surface area contributed by atoms with Gasteiger partial charge in [-0.1, -0.05) is 29.8 Å². The predicted octanol–water partition coefficient (Wildman–Crippen LogP) is 5.79. The van der Waals surface area contributed by atoms with Crippen LogP contribution in [0, 0.1) is 6.92 Å². The summed E-state index contributed by atoms with van der Waals surface area (Å²) < 4.78 is 13.0. The summed E-state index contributed by atoms with van der Waals surface area (Å²) in [5, 5.41) is 10.3. The van der Waals surface area contributed by atoms with Gasteiger partial charge in [0.15, 0.2) is 0 Å². The van der Waals surface area contributed by atoms with E-state index in [2.05, 4.69) is 4.57 Å². The minimum absolute atomic E-state index is 0.0241. The van der Waals surface area contributed by atoms with Crippen molar-refractivity contribution in [2.75, 3.05) is 19.1 Å². The number of carbonyl (C=O) groups excluding carboxylic acids is 1. The number of benzene rings is 2. The number of amides is 1. The lowest BCUT2D eigenvalue weighted by molar-refractivity contribution is -0.138. The van der Waals surface area contributed by atoms with Gasteiger partial charge in [0.25, 0.3) is 0 Å². The summed E-state index contributed by atoms with van der Waals surface area (Å²) in [6.45, 7) is 4.01. The number of methoxy groups -OCH3 is 2. The van der Waals surface area contributed by atoms with Gasteiger partial charge in [-0.25, -0.2) is 9.78 Å². The van der Waals surface area contributed by atoms with Gasteiger partial charge in [0.05, 0.1) is 35.9 Å². The van der Waals surface area contributed by atoms with Crippen molar-refractivity contribution < 1.29 is 24.2 Å². The number of carbonyl (C=O) groups is 2. The minimum Gasteiger partial charge on any atom is -0.481 e. The summed E-state index contributed by atoms with van der Waals surface area (Å²) in [7, 11) is 3.17. The number of aliphatic carboxylic acids is 1. The molecule has 2 heterocycles. The van der Waals surface area contributed by atoms with Crippen LogP contribution >= 0.6 is 0 Å². The monoisotopic (exact) mass is 519 g/mol. The van der Waals surface area contributed by atoms with Gasteiger partial charge in [-0.15, -0.1) is 0 Å².